The third-order valence-corrected chi connectivity index (χ3v) is 8.34. The minimum absolute atomic E-state index is 0.240. The van der Waals surface area contributed by atoms with Crippen molar-refractivity contribution in [3.8, 4) is 0 Å². The van der Waals surface area contributed by atoms with E-state index in [-0.39, 0.29) is 21.1 Å². The first-order valence-electron chi connectivity index (χ1n) is 13.4. The highest BCUT2D eigenvalue weighted by Gasteiger charge is 2.37. The molecule has 0 spiro atoms. The number of rotatable bonds is 21. The van der Waals surface area contributed by atoms with Crippen molar-refractivity contribution in [3.63, 3.8) is 0 Å². The molecule has 0 bridgehead atoms. The lowest BCUT2D eigenvalue weighted by Gasteiger charge is -2.41. The molecule has 0 heterocycles. The summed E-state index contributed by atoms with van der Waals surface area (Å²) < 4.78 is 5.47. The molecule has 0 aromatic rings. The molecule has 0 aliphatic carbocycles. The summed E-state index contributed by atoms with van der Waals surface area (Å²) in [4.78, 5) is 11.8. The zero-order valence-corrected chi connectivity index (χ0v) is 23.0. The van der Waals surface area contributed by atoms with Gasteiger partial charge in [-0.3, -0.25) is 0 Å². The van der Waals surface area contributed by atoms with Gasteiger partial charge in [0.25, 0.3) is 0 Å². The van der Waals surface area contributed by atoms with Gasteiger partial charge in [-0.15, -0.1) is 0 Å². The molecule has 2 radical (unpaired) electrons. The predicted octanol–water partition coefficient (Wildman–Crippen LogP) is 9.31. The minimum Gasteiger partial charge on any atom is -0.513 e. The van der Waals surface area contributed by atoms with Crippen LogP contribution in [0.1, 0.15) is 138 Å². The fourth-order valence-corrected chi connectivity index (χ4v) is 6.35. The second-order valence-corrected chi connectivity index (χ2v) is 11.2. The largest absolute Gasteiger partial charge is 0.513 e. The van der Waals surface area contributed by atoms with Crippen LogP contribution in [0.5, 0.6) is 0 Å². The van der Waals surface area contributed by atoms with E-state index >= 15 is 0 Å². The monoisotopic (exact) mass is 450 g/mol. The van der Waals surface area contributed by atoms with E-state index in [2.05, 4.69) is 41.2 Å². The van der Waals surface area contributed by atoms with Crippen LogP contribution in [0, 0.1) is 17.3 Å². The Balaban J connectivity index is 3.97. The third-order valence-electron chi connectivity index (χ3n) is 7.21. The van der Waals surface area contributed by atoms with E-state index in [1.165, 1.54) is 96.3 Å². The van der Waals surface area contributed by atoms with Crippen LogP contribution >= 0.6 is 0 Å². The fourth-order valence-electron chi connectivity index (χ4n) is 4.71. The number of carbonyl (C=O) groups is 1. The van der Waals surface area contributed by atoms with Crippen molar-refractivity contribution in [1.29, 1.82) is 0 Å². The van der Waals surface area contributed by atoms with Gasteiger partial charge in [-0.1, -0.05) is 131 Å². The molecule has 2 nitrogen and oxygen atoms in total. The Morgan fingerprint density at radius 2 is 1.16 bits per heavy atom. The van der Waals surface area contributed by atoms with Crippen molar-refractivity contribution in [2.24, 2.45) is 17.3 Å². The zero-order valence-electron chi connectivity index (χ0n) is 22.0. The topological polar surface area (TPSA) is 26.3 Å². The molecule has 0 unspecified atom stereocenters. The number of carbonyl (C=O) groups excluding carboxylic acids is 1. The Morgan fingerprint density at radius 1 is 0.774 bits per heavy atom. The Labute approximate surface area is 198 Å². The van der Waals surface area contributed by atoms with Crippen LogP contribution in [0.15, 0.2) is 12.2 Å². The first-order chi connectivity index (χ1) is 14.8. The smallest absolute Gasteiger partial charge is 0.319 e. The van der Waals surface area contributed by atoms with Gasteiger partial charge in [0.15, 0.2) is 0 Å². The molecule has 0 aromatic heterocycles. The Morgan fingerprint density at radius 3 is 1.52 bits per heavy atom. The summed E-state index contributed by atoms with van der Waals surface area (Å²) >= 11 is 0. The molecule has 0 aliphatic heterocycles. The van der Waals surface area contributed by atoms with Crippen LogP contribution in [0.25, 0.3) is 0 Å². The van der Waals surface area contributed by atoms with Gasteiger partial charge in [0.05, 0.1) is 0 Å². The summed E-state index contributed by atoms with van der Waals surface area (Å²) in [5.41, 5.74) is 0.768. The maximum absolute atomic E-state index is 11.8. The molecule has 31 heavy (non-hydrogen) atoms. The predicted molar refractivity (Wildman–Crippen MR) is 139 cm³/mol. The van der Waals surface area contributed by atoms with Gasteiger partial charge in [0.1, 0.15) is 0 Å². The summed E-state index contributed by atoms with van der Waals surface area (Å²) in [5, 5.41) is 0. The van der Waals surface area contributed by atoms with E-state index in [4.69, 9.17) is 4.43 Å². The van der Waals surface area contributed by atoms with Crippen LogP contribution < -0.4 is 0 Å². The van der Waals surface area contributed by atoms with Crippen molar-refractivity contribution in [3.05, 3.63) is 12.2 Å². The maximum Gasteiger partial charge on any atom is 0.319 e. The lowest BCUT2D eigenvalue weighted by Crippen LogP contribution is -2.35. The van der Waals surface area contributed by atoms with Gasteiger partial charge in [0, 0.05) is 5.57 Å². The van der Waals surface area contributed by atoms with Crippen molar-refractivity contribution in [2.45, 2.75) is 144 Å². The van der Waals surface area contributed by atoms with E-state index < -0.39 is 0 Å². The summed E-state index contributed by atoms with van der Waals surface area (Å²) in [6.45, 7) is 17.1. The summed E-state index contributed by atoms with van der Waals surface area (Å²) in [6.07, 6.45) is 20.9. The quantitative estimate of drug-likeness (QED) is 0.0988. The third kappa shape index (κ3) is 14.2. The lowest BCUT2D eigenvalue weighted by atomic mass is 9.67. The van der Waals surface area contributed by atoms with Crippen molar-refractivity contribution in [2.75, 3.05) is 0 Å². The molecule has 0 rings (SSSR count). The summed E-state index contributed by atoms with van der Waals surface area (Å²) in [7, 11) is 0.243. The highest BCUT2D eigenvalue weighted by molar-refractivity contribution is 6.31. The molecule has 0 atom stereocenters. The summed E-state index contributed by atoms with van der Waals surface area (Å²) in [6, 6.07) is 0.986. The molecule has 0 aliphatic rings. The van der Waals surface area contributed by atoms with E-state index in [9.17, 15) is 4.79 Å². The van der Waals surface area contributed by atoms with Gasteiger partial charge in [-0.25, -0.2) is 4.79 Å². The van der Waals surface area contributed by atoms with Gasteiger partial charge in [-0.2, -0.15) is 0 Å². The van der Waals surface area contributed by atoms with Crippen LogP contribution in [-0.4, -0.2) is 15.7 Å². The fraction of sp³-hybridized carbons (Fsp3) is 0.893. The van der Waals surface area contributed by atoms with Crippen LogP contribution in [0.3, 0.4) is 0 Å². The highest BCUT2D eigenvalue weighted by Crippen LogP contribution is 2.44. The van der Waals surface area contributed by atoms with Crippen LogP contribution in [-0.2, 0) is 9.22 Å². The lowest BCUT2D eigenvalue weighted by molar-refractivity contribution is -0.130. The highest BCUT2D eigenvalue weighted by atomic mass is 28.2. The van der Waals surface area contributed by atoms with Gasteiger partial charge < -0.3 is 4.43 Å². The Bertz CT molecular complexity index is 448. The Kier molecular flexibility index (Phi) is 18.6. The van der Waals surface area contributed by atoms with E-state index in [0.717, 1.165) is 6.04 Å². The van der Waals surface area contributed by atoms with Crippen LogP contribution in [0.2, 0.25) is 6.04 Å². The molecule has 0 saturated carbocycles. The van der Waals surface area contributed by atoms with E-state index in [0.29, 0.717) is 17.4 Å². The van der Waals surface area contributed by atoms with Gasteiger partial charge >= 0.3 is 15.7 Å². The van der Waals surface area contributed by atoms with Gasteiger partial charge in [-0.05, 0) is 36.6 Å². The molecule has 3 heteroatoms. The number of hydrogen-bond acceptors (Lipinski definition) is 2. The SMILES string of the molecule is C=C(C)C(=O)O[Si]CC(CCCCCCCCCCCCCCCC)(C(C)C)C(C)C. The first-order valence-corrected chi connectivity index (χ1v) is 14.5. The van der Waals surface area contributed by atoms with Crippen LogP contribution in [0.4, 0.5) is 0 Å². The molecule has 0 amide bonds. The van der Waals surface area contributed by atoms with E-state index in [1.54, 1.807) is 6.92 Å². The van der Waals surface area contributed by atoms with E-state index in [1.807, 2.05) is 0 Å². The van der Waals surface area contributed by atoms with Crippen molar-refractivity contribution in [1.82, 2.24) is 0 Å². The normalized spacial score (nSPS) is 12.0. The molecule has 0 aromatic carbocycles. The maximum atomic E-state index is 11.8. The molecular formula is C28H54O2Si. The molecule has 182 valence electrons. The summed E-state index contributed by atoms with van der Waals surface area (Å²) in [5.74, 6) is 0.965. The minimum atomic E-state index is -0.240. The average molecular weight is 451 g/mol. The molecule has 0 N–H and O–H groups in total. The van der Waals surface area contributed by atoms with Gasteiger partial charge in [0.2, 0.25) is 0 Å². The second-order valence-electron chi connectivity index (χ2n) is 10.4. The average Bonchev–Trinajstić information content (AvgIpc) is 2.71. The Hall–Kier alpha value is -0.573. The molecular weight excluding hydrogens is 396 g/mol. The zero-order chi connectivity index (χ0) is 23.5. The second kappa shape index (κ2) is 18.9. The van der Waals surface area contributed by atoms with Crippen molar-refractivity contribution < 1.29 is 9.22 Å². The number of hydrogen-bond donors (Lipinski definition) is 0. The molecule has 0 saturated heterocycles. The first kappa shape index (κ1) is 30.4. The van der Waals surface area contributed by atoms with Crippen molar-refractivity contribution >= 4 is 15.7 Å². The standard InChI is InChI=1S/C28H54O2Si/c1-8-9-10-11-12-13-14-15-16-17-18-19-20-21-22-28(25(4)5,26(6)7)23-31-30-27(29)24(2)3/h25-26H,2,8-23H2,1,3-7H3. The number of unbranched alkanes of at least 4 members (excludes halogenated alkanes) is 13. The molecule has 0 fully saturated rings.